The summed E-state index contributed by atoms with van der Waals surface area (Å²) in [4.78, 5) is 10.3. The van der Waals surface area contributed by atoms with Crippen molar-refractivity contribution in [3.8, 4) is 5.75 Å². The van der Waals surface area contributed by atoms with E-state index in [0.717, 1.165) is 5.69 Å². The van der Waals surface area contributed by atoms with Gasteiger partial charge in [-0.25, -0.2) is 0 Å². The lowest BCUT2D eigenvalue weighted by atomic mass is 10.2. The summed E-state index contributed by atoms with van der Waals surface area (Å²) in [7, 11) is 1.57. The summed E-state index contributed by atoms with van der Waals surface area (Å²) >= 11 is 0. The molecule has 0 bridgehead atoms. The Bertz CT molecular complexity index is 614. The standard InChI is InChI=1S/C13H13N3O3/c1-19-13-4-2-3-10(8-13)15-11-5-9(14)6-12(7-11)16(17)18/h2-8,15H,14H2,1H3. The van der Waals surface area contributed by atoms with Crippen molar-refractivity contribution in [3.05, 3.63) is 52.6 Å². The molecule has 0 spiro atoms. The highest BCUT2D eigenvalue weighted by Gasteiger charge is 2.08. The van der Waals surface area contributed by atoms with Crippen molar-refractivity contribution in [2.75, 3.05) is 18.2 Å². The van der Waals surface area contributed by atoms with E-state index >= 15 is 0 Å². The van der Waals surface area contributed by atoms with E-state index in [-0.39, 0.29) is 5.69 Å². The first-order chi connectivity index (χ1) is 9.08. The summed E-state index contributed by atoms with van der Waals surface area (Å²) in [6.45, 7) is 0. The van der Waals surface area contributed by atoms with Crippen molar-refractivity contribution in [1.82, 2.24) is 0 Å². The number of nitro groups is 1. The Kier molecular flexibility index (Phi) is 3.51. The number of nitro benzene ring substituents is 1. The number of nitrogens with two attached hydrogens (primary N) is 1. The zero-order valence-electron chi connectivity index (χ0n) is 10.3. The highest BCUT2D eigenvalue weighted by molar-refractivity contribution is 5.68. The van der Waals surface area contributed by atoms with Crippen molar-refractivity contribution in [1.29, 1.82) is 0 Å². The normalized spacial score (nSPS) is 9.95. The minimum absolute atomic E-state index is 0.0506. The van der Waals surface area contributed by atoms with Crippen LogP contribution in [-0.2, 0) is 0 Å². The molecule has 2 rings (SSSR count). The highest BCUT2D eigenvalue weighted by Crippen LogP contribution is 2.26. The van der Waals surface area contributed by atoms with Gasteiger partial charge >= 0.3 is 0 Å². The lowest BCUT2D eigenvalue weighted by Crippen LogP contribution is -1.96. The smallest absolute Gasteiger partial charge is 0.273 e. The molecule has 3 N–H and O–H groups in total. The Morgan fingerprint density at radius 3 is 2.68 bits per heavy atom. The Morgan fingerprint density at radius 2 is 2.00 bits per heavy atom. The van der Waals surface area contributed by atoms with Crippen LogP contribution in [0.25, 0.3) is 0 Å². The molecule has 6 heteroatoms. The van der Waals surface area contributed by atoms with Gasteiger partial charge in [0.25, 0.3) is 5.69 Å². The maximum atomic E-state index is 10.8. The molecule has 0 aliphatic rings. The van der Waals surface area contributed by atoms with Crippen molar-refractivity contribution < 1.29 is 9.66 Å². The molecule has 2 aromatic carbocycles. The fraction of sp³-hybridized carbons (Fsp3) is 0.0769. The molecule has 0 aromatic heterocycles. The van der Waals surface area contributed by atoms with Crippen molar-refractivity contribution in [3.63, 3.8) is 0 Å². The van der Waals surface area contributed by atoms with Gasteiger partial charge < -0.3 is 15.8 Å². The van der Waals surface area contributed by atoms with Crippen LogP contribution in [0.2, 0.25) is 0 Å². The summed E-state index contributed by atoms with van der Waals surface area (Å²) in [5, 5.41) is 13.8. The maximum absolute atomic E-state index is 10.8. The second kappa shape index (κ2) is 5.26. The number of nitrogens with one attached hydrogen (secondary N) is 1. The van der Waals surface area contributed by atoms with Gasteiger partial charge in [0.1, 0.15) is 5.75 Å². The number of nitrogens with zero attached hydrogens (tertiary/aromatic N) is 1. The van der Waals surface area contributed by atoms with Gasteiger partial charge in [-0.15, -0.1) is 0 Å². The van der Waals surface area contributed by atoms with Crippen LogP contribution in [0.1, 0.15) is 0 Å². The third-order valence-corrected chi connectivity index (χ3v) is 2.51. The van der Waals surface area contributed by atoms with Crippen LogP contribution in [0, 0.1) is 10.1 Å². The van der Waals surface area contributed by atoms with E-state index in [2.05, 4.69) is 5.32 Å². The van der Waals surface area contributed by atoms with Crippen molar-refractivity contribution in [2.24, 2.45) is 0 Å². The molecule has 19 heavy (non-hydrogen) atoms. The van der Waals surface area contributed by atoms with E-state index in [4.69, 9.17) is 10.5 Å². The molecular formula is C13H13N3O3. The van der Waals surface area contributed by atoms with E-state index in [1.807, 2.05) is 18.2 Å². The minimum atomic E-state index is -0.479. The number of hydrogen-bond donors (Lipinski definition) is 2. The van der Waals surface area contributed by atoms with Gasteiger partial charge in [-0.2, -0.15) is 0 Å². The first-order valence-electron chi connectivity index (χ1n) is 5.54. The third kappa shape index (κ3) is 3.12. The molecule has 0 radical (unpaired) electrons. The molecule has 0 unspecified atom stereocenters. The molecule has 2 aromatic rings. The van der Waals surface area contributed by atoms with Crippen molar-refractivity contribution >= 4 is 22.7 Å². The molecule has 0 atom stereocenters. The van der Waals surface area contributed by atoms with Crippen molar-refractivity contribution in [2.45, 2.75) is 0 Å². The van der Waals surface area contributed by atoms with Crippen LogP contribution in [0.3, 0.4) is 0 Å². The highest BCUT2D eigenvalue weighted by atomic mass is 16.6. The summed E-state index contributed by atoms with van der Waals surface area (Å²) in [6, 6.07) is 11.6. The quantitative estimate of drug-likeness (QED) is 0.500. The van der Waals surface area contributed by atoms with Crippen LogP contribution < -0.4 is 15.8 Å². The van der Waals surface area contributed by atoms with Crippen LogP contribution in [0.15, 0.2) is 42.5 Å². The Hall–Kier alpha value is -2.76. The molecule has 6 nitrogen and oxygen atoms in total. The minimum Gasteiger partial charge on any atom is -0.497 e. The van der Waals surface area contributed by atoms with Gasteiger partial charge in [0.05, 0.1) is 12.0 Å². The van der Waals surface area contributed by atoms with Gasteiger partial charge in [-0.1, -0.05) is 6.07 Å². The fourth-order valence-corrected chi connectivity index (χ4v) is 1.68. The monoisotopic (exact) mass is 259 g/mol. The molecule has 0 saturated carbocycles. The lowest BCUT2D eigenvalue weighted by Gasteiger charge is -2.08. The second-order valence-corrected chi connectivity index (χ2v) is 3.93. The fourth-order valence-electron chi connectivity index (χ4n) is 1.68. The summed E-state index contributed by atoms with van der Waals surface area (Å²) < 4.78 is 5.11. The number of anilines is 3. The number of rotatable bonds is 4. The van der Waals surface area contributed by atoms with Crippen LogP contribution in [-0.4, -0.2) is 12.0 Å². The Balaban J connectivity index is 2.29. The van der Waals surface area contributed by atoms with E-state index in [9.17, 15) is 10.1 Å². The van der Waals surface area contributed by atoms with Crippen LogP contribution in [0.5, 0.6) is 5.75 Å². The molecule has 0 saturated heterocycles. The van der Waals surface area contributed by atoms with E-state index < -0.39 is 4.92 Å². The predicted octanol–water partition coefficient (Wildman–Crippen LogP) is 2.93. The van der Waals surface area contributed by atoms with Gasteiger partial charge in [0.2, 0.25) is 0 Å². The summed E-state index contributed by atoms with van der Waals surface area (Å²) in [5.74, 6) is 0.698. The van der Waals surface area contributed by atoms with Crippen LogP contribution in [0.4, 0.5) is 22.7 Å². The number of nitrogen functional groups attached to an aromatic ring is 1. The number of methoxy groups -OCH3 is 1. The molecule has 0 fully saturated rings. The number of benzene rings is 2. The maximum Gasteiger partial charge on any atom is 0.273 e. The average Bonchev–Trinajstić information content (AvgIpc) is 2.38. The first-order valence-corrected chi connectivity index (χ1v) is 5.54. The number of ether oxygens (including phenoxy) is 1. The number of hydrogen-bond acceptors (Lipinski definition) is 5. The molecule has 0 aliphatic heterocycles. The Morgan fingerprint density at radius 1 is 1.21 bits per heavy atom. The van der Waals surface area contributed by atoms with E-state index in [1.54, 1.807) is 19.2 Å². The molecule has 98 valence electrons. The molecular weight excluding hydrogens is 246 g/mol. The predicted molar refractivity (Wildman–Crippen MR) is 73.8 cm³/mol. The average molecular weight is 259 g/mol. The van der Waals surface area contributed by atoms with Crippen LogP contribution >= 0.6 is 0 Å². The SMILES string of the molecule is COc1cccc(Nc2cc(N)cc([N+](=O)[O-])c2)c1. The molecule has 0 amide bonds. The summed E-state index contributed by atoms with van der Waals surface area (Å²) in [6.07, 6.45) is 0. The van der Waals surface area contributed by atoms with E-state index in [0.29, 0.717) is 17.1 Å². The third-order valence-electron chi connectivity index (χ3n) is 2.51. The van der Waals surface area contributed by atoms with Gasteiger partial charge in [-0.05, 0) is 18.2 Å². The van der Waals surface area contributed by atoms with Gasteiger partial charge in [0.15, 0.2) is 0 Å². The zero-order chi connectivity index (χ0) is 13.8. The topological polar surface area (TPSA) is 90.4 Å². The van der Waals surface area contributed by atoms with E-state index in [1.165, 1.54) is 12.1 Å². The largest absolute Gasteiger partial charge is 0.497 e. The second-order valence-electron chi connectivity index (χ2n) is 3.93. The van der Waals surface area contributed by atoms with Gasteiger partial charge in [0, 0.05) is 35.3 Å². The lowest BCUT2D eigenvalue weighted by molar-refractivity contribution is -0.384. The number of non-ortho nitro benzene ring substituents is 1. The molecule has 0 heterocycles. The zero-order valence-corrected chi connectivity index (χ0v) is 10.3. The summed E-state index contributed by atoms with van der Waals surface area (Å²) in [5.41, 5.74) is 7.24. The molecule has 0 aliphatic carbocycles. The van der Waals surface area contributed by atoms with Gasteiger partial charge in [-0.3, -0.25) is 10.1 Å². The Labute approximate surface area is 110 Å². The first kappa shape index (κ1) is 12.7.